The molecule has 0 aromatic heterocycles. The number of unbranched alkanes of at least 4 members (excludes halogenated alkanes) is 15. The third-order valence-electron chi connectivity index (χ3n) is 6.15. The molecule has 1 aromatic carbocycles. The molecular weight excluding hydrogens is 384 g/mol. The van der Waals surface area contributed by atoms with E-state index >= 15 is 0 Å². The van der Waals surface area contributed by atoms with Crippen LogP contribution in [0.15, 0.2) is 17.0 Å². The van der Waals surface area contributed by atoms with Gasteiger partial charge >= 0.3 is 0 Å². The maximum absolute atomic E-state index is 10.5. The van der Waals surface area contributed by atoms with Crippen molar-refractivity contribution in [2.45, 2.75) is 141 Å². The Bertz CT molecular complexity index is 526. The Hall–Kier alpha value is -0.630. The Kier molecular flexibility index (Phi) is 17.4. The Morgan fingerprint density at radius 3 is 1.63 bits per heavy atom. The van der Waals surface area contributed by atoms with Gasteiger partial charge in [-0.2, -0.15) is 0 Å². The first-order chi connectivity index (χ1) is 14.7. The molecule has 0 heterocycles. The van der Waals surface area contributed by atoms with Crippen LogP contribution in [0, 0.1) is 6.92 Å². The summed E-state index contributed by atoms with van der Waals surface area (Å²) in [6, 6.07) is 4.44. The molecular formula is C28H50OS. The van der Waals surface area contributed by atoms with Gasteiger partial charge in [0.25, 0.3) is 0 Å². The van der Waals surface area contributed by atoms with Gasteiger partial charge in [0.15, 0.2) is 0 Å². The number of aromatic hydroxyl groups is 1. The zero-order valence-corrected chi connectivity index (χ0v) is 21.3. The first-order valence-electron chi connectivity index (χ1n) is 13.1. The number of hydrogen-bond donors (Lipinski definition) is 1. The highest BCUT2D eigenvalue weighted by Gasteiger charge is 2.08. The van der Waals surface area contributed by atoms with Gasteiger partial charge in [0.05, 0.1) is 0 Å². The van der Waals surface area contributed by atoms with Crippen molar-refractivity contribution in [3.05, 3.63) is 23.3 Å². The summed E-state index contributed by atoms with van der Waals surface area (Å²) in [6.07, 6.45) is 24.4. The van der Waals surface area contributed by atoms with Gasteiger partial charge in [0.1, 0.15) is 5.75 Å². The molecule has 0 bridgehead atoms. The van der Waals surface area contributed by atoms with E-state index in [1.807, 2.05) is 18.7 Å². The maximum atomic E-state index is 10.5. The number of rotatable bonds is 20. The van der Waals surface area contributed by atoms with Crippen LogP contribution in [0.25, 0.3) is 0 Å². The van der Waals surface area contributed by atoms with Crippen LogP contribution in [-0.4, -0.2) is 10.9 Å². The Morgan fingerprint density at radius 2 is 1.10 bits per heavy atom. The highest BCUT2D eigenvalue weighted by molar-refractivity contribution is 7.99. The molecule has 174 valence electrons. The molecule has 1 aromatic rings. The van der Waals surface area contributed by atoms with Crippen LogP contribution in [0.2, 0.25) is 0 Å². The van der Waals surface area contributed by atoms with Gasteiger partial charge in [0.2, 0.25) is 0 Å². The number of hydrogen-bond acceptors (Lipinski definition) is 2. The van der Waals surface area contributed by atoms with Crippen molar-refractivity contribution in [3.8, 4) is 5.75 Å². The van der Waals surface area contributed by atoms with E-state index in [1.54, 1.807) is 0 Å². The lowest BCUT2D eigenvalue weighted by molar-refractivity contribution is 0.457. The third-order valence-corrected chi connectivity index (χ3v) is 7.26. The van der Waals surface area contributed by atoms with Gasteiger partial charge in [-0.15, -0.1) is 11.8 Å². The lowest BCUT2D eigenvalue weighted by Crippen LogP contribution is -1.91. The van der Waals surface area contributed by atoms with Crippen molar-refractivity contribution >= 4 is 11.8 Å². The quantitative estimate of drug-likeness (QED) is 0.163. The van der Waals surface area contributed by atoms with E-state index < -0.39 is 0 Å². The highest BCUT2D eigenvalue weighted by Crippen LogP contribution is 2.34. The predicted molar refractivity (Wildman–Crippen MR) is 137 cm³/mol. The second-order valence-electron chi connectivity index (χ2n) is 9.16. The molecule has 0 fully saturated rings. The molecule has 1 rings (SSSR count). The first kappa shape index (κ1) is 27.4. The molecule has 0 saturated heterocycles. The van der Waals surface area contributed by atoms with E-state index in [0.717, 1.165) is 22.6 Å². The second-order valence-corrected chi connectivity index (χ2v) is 10.3. The summed E-state index contributed by atoms with van der Waals surface area (Å²) < 4.78 is 0. The van der Waals surface area contributed by atoms with Crippen molar-refractivity contribution in [1.29, 1.82) is 0 Å². The molecule has 0 atom stereocenters. The second kappa shape index (κ2) is 19.1. The SMILES string of the molecule is CCCCCCCCCCCCSc1cc(CCCCCCCCC)cc(C)c1O. The van der Waals surface area contributed by atoms with Crippen molar-refractivity contribution in [3.63, 3.8) is 0 Å². The van der Waals surface area contributed by atoms with Crippen LogP contribution in [0.1, 0.15) is 134 Å². The average molecular weight is 435 g/mol. The van der Waals surface area contributed by atoms with Crippen LogP contribution in [0.3, 0.4) is 0 Å². The van der Waals surface area contributed by atoms with Crippen LogP contribution in [0.4, 0.5) is 0 Å². The normalized spacial score (nSPS) is 11.3. The van der Waals surface area contributed by atoms with E-state index in [9.17, 15) is 5.11 Å². The maximum Gasteiger partial charge on any atom is 0.132 e. The Morgan fingerprint density at radius 1 is 0.633 bits per heavy atom. The third kappa shape index (κ3) is 13.6. The Balaban J connectivity index is 2.17. The zero-order valence-electron chi connectivity index (χ0n) is 20.4. The molecule has 0 unspecified atom stereocenters. The zero-order chi connectivity index (χ0) is 21.9. The number of aryl methyl sites for hydroxylation is 2. The first-order valence-corrected chi connectivity index (χ1v) is 14.1. The number of phenols is 1. The van der Waals surface area contributed by atoms with E-state index in [-0.39, 0.29) is 0 Å². The summed E-state index contributed by atoms with van der Waals surface area (Å²) in [5.41, 5.74) is 2.45. The predicted octanol–water partition coefficient (Wildman–Crippen LogP) is 10.0. The van der Waals surface area contributed by atoms with Crippen LogP contribution >= 0.6 is 11.8 Å². The topological polar surface area (TPSA) is 20.2 Å². The van der Waals surface area contributed by atoms with Crippen LogP contribution in [-0.2, 0) is 6.42 Å². The molecule has 1 N–H and O–H groups in total. The minimum absolute atomic E-state index is 0.510. The van der Waals surface area contributed by atoms with Crippen molar-refractivity contribution in [2.24, 2.45) is 0 Å². The molecule has 2 heteroatoms. The monoisotopic (exact) mass is 434 g/mol. The van der Waals surface area contributed by atoms with E-state index in [1.165, 1.54) is 115 Å². The summed E-state index contributed by atoms with van der Waals surface area (Å²) in [7, 11) is 0. The molecule has 0 radical (unpaired) electrons. The molecule has 0 aliphatic heterocycles. The van der Waals surface area contributed by atoms with Gasteiger partial charge in [-0.3, -0.25) is 0 Å². The minimum atomic E-state index is 0.510. The van der Waals surface area contributed by atoms with E-state index in [0.29, 0.717) is 5.75 Å². The largest absolute Gasteiger partial charge is 0.507 e. The molecule has 1 nitrogen and oxygen atoms in total. The molecule has 0 saturated carbocycles. The molecule has 0 aliphatic rings. The van der Waals surface area contributed by atoms with Crippen LogP contribution in [0.5, 0.6) is 5.75 Å². The average Bonchev–Trinajstić information content (AvgIpc) is 2.74. The molecule has 0 spiro atoms. The van der Waals surface area contributed by atoms with Gasteiger partial charge in [-0.05, 0) is 49.1 Å². The van der Waals surface area contributed by atoms with Crippen LogP contribution < -0.4 is 0 Å². The molecule has 0 amide bonds. The summed E-state index contributed by atoms with van der Waals surface area (Å²) in [5, 5.41) is 10.5. The Labute approximate surface area is 192 Å². The smallest absolute Gasteiger partial charge is 0.132 e. The summed E-state index contributed by atoms with van der Waals surface area (Å²) in [4.78, 5) is 1.10. The molecule has 30 heavy (non-hydrogen) atoms. The highest BCUT2D eigenvalue weighted by atomic mass is 32.2. The lowest BCUT2D eigenvalue weighted by Gasteiger charge is -2.11. The van der Waals surface area contributed by atoms with Crippen molar-refractivity contribution in [1.82, 2.24) is 0 Å². The van der Waals surface area contributed by atoms with Gasteiger partial charge in [-0.25, -0.2) is 0 Å². The number of phenolic OH excluding ortho intramolecular Hbond substituents is 1. The van der Waals surface area contributed by atoms with Gasteiger partial charge < -0.3 is 5.11 Å². The van der Waals surface area contributed by atoms with Gasteiger partial charge in [-0.1, -0.05) is 116 Å². The van der Waals surface area contributed by atoms with Gasteiger partial charge in [0, 0.05) is 4.90 Å². The lowest BCUT2D eigenvalue weighted by atomic mass is 10.0. The van der Waals surface area contributed by atoms with Crippen molar-refractivity contribution in [2.75, 3.05) is 5.75 Å². The standard InChI is InChI=1S/C28H50OS/c1-4-6-8-10-12-13-14-16-18-20-22-30-27-24-26(23-25(3)28(27)29)21-19-17-15-11-9-7-5-2/h23-24,29H,4-22H2,1-3H3. The van der Waals surface area contributed by atoms with E-state index in [4.69, 9.17) is 0 Å². The number of thioether (sulfide) groups is 1. The fourth-order valence-electron chi connectivity index (χ4n) is 4.13. The summed E-state index contributed by atoms with van der Waals surface area (Å²) >= 11 is 1.86. The van der Waals surface area contributed by atoms with E-state index in [2.05, 4.69) is 26.0 Å². The molecule has 0 aliphatic carbocycles. The van der Waals surface area contributed by atoms with Crippen molar-refractivity contribution < 1.29 is 5.11 Å². The number of benzene rings is 1. The minimum Gasteiger partial charge on any atom is -0.507 e. The summed E-state index contributed by atoms with van der Waals surface area (Å²) in [6.45, 7) is 6.61. The fraction of sp³-hybridized carbons (Fsp3) is 0.786. The fourth-order valence-corrected chi connectivity index (χ4v) is 5.23. The summed E-state index contributed by atoms with van der Waals surface area (Å²) in [5.74, 6) is 1.64.